The summed E-state index contributed by atoms with van der Waals surface area (Å²) in [5, 5.41) is 3.04. The average molecular weight is 273 g/mol. The second kappa shape index (κ2) is 7.13. The Hall–Kier alpha value is -1.77. The van der Waals surface area contributed by atoms with E-state index in [4.69, 9.17) is 4.74 Å². The van der Waals surface area contributed by atoms with Crippen molar-refractivity contribution < 1.29 is 9.53 Å². The molecule has 0 atom stereocenters. The van der Waals surface area contributed by atoms with Crippen LogP contribution in [0.5, 0.6) is 5.75 Å². The summed E-state index contributed by atoms with van der Waals surface area (Å²) in [6.45, 7) is 4.00. The van der Waals surface area contributed by atoms with Crippen LogP contribution in [0, 0.1) is 0 Å². The number of hydrogen-bond acceptors (Lipinski definition) is 2. The van der Waals surface area contributed by atoms with E-state index in [-0.39, 0.29) is 12.0 Å². The quantitative estimate of drug-likeness (QED) is 0.833. The van der Waals surface area contributed by atoms with Gasteiger partial charge in [0.25, 0.3) is 0 Å². The van der Waals surface area contributed by atoms with Crippen LogP contribution in [-0.4, -0.2) is 18.1 Å². The molecule has 2 rings (SSSR count). The summed E-state index contributed by atoms with van der Waals surface area (Å²) in [5.74, 6) is 0.824. The molecular weight excluding hydrogens is 250 g/mol. The minimum atomic E-state index is -0.00733. The normalized spacial score (nSPS) is 15.9. The van der Waals surface area contributed by atoms with Gasteiger partial charge in [0.15, 0.2) is 0 Å². The van der Waals surface area contributed by atoms with E-state index in [1.807, 2.05) is 44.2 Å². The standard InChI is InChI=1S/C17H23NO2/c1-13(2)20-16-9-5-6-14(12-16)10-11-17(19)18-15-7-3-4-8-15/h5-6,9-13,15H,3-4,7-8H2,1-2H3,(H,18,19)/b11-10+. The van der Waals surface area contributed by atoms with E-state index in [2.05, 4.69) is 5.32 Å². The number of rotatable bonds is 5. The molecular formula is C17H23NO2. The summed E-state index contributed by atoms with van der Waals surface area (Å²) in [6, 6.07) is 8.14. The average Bonchev–Trinajstić information content (AvgIpc) is 2.89. The van der Waals surface area contributed by atoms with E-state index >= 15 is 0 Å². The smallest absolute Gasteiger partial charge is 0.244 e. The molecule has 0 saturated heterocycles. The molecule has 20 heavy (non-hydrogen) atoms. The summed E-state index contributed by atoms with van der Waals surface area (Å²) in [4.78, 5) is 11.8. The molecule has 3 heteroatoms. The van der Waals surface area contributed by atoms with Crippen molar-refractivity contribution in [1.82, 2.24) is 5.32 Å². The molecule has 0 aromatic heterocycles. The molecule has 0 aliphatic heterocycles. The highest BCUT2D eigenvalue weighted by Crippen LogP contribution is 2.18. The molecule has 0 bridgehead atoms. The maximum Gasteiger partial charge on any atom is 0.244 e. The third kappa shape index (κ3) is 4.72. The van der Waals surface area contributed by atoms with E-state index in [0.29, 0.717) is 6.04 Å². The molecule has 0 unspecified atom stereocenters. The van der Waals surface area contributed by atoms with Gasteiger partial charge in [-0.3, -0.25) is 4.79 Å². The summed E-state index contributed by atoms with van der Waals surface area (Å²) in [6.07, 6.45) is 8.26. The van der Waals surface area contributed by atoms with Gasteiger partial charge in [0.05, 0.1) is 6.10 Å². The summed E-state index contributed by atoms with van der Waals surface area (Å²) < 4.78 is 5.63. The lowest BCUT2D eigenvalue weighted by Gasteiger charge is -2.10. The van der Waals surface area contributed by atoms with Crippen molar-refractivity contribution in [3.63, 3.8) is 0 Å². The molecule has 0 radical (unpaired) electrons. The van der Waals surface area contributed by atoms with Crippen LogP contribution in [0.15, 0.2) is 30.3 Å². The van der Waals surface area contributed by atoms with Gasteiger partial charge in [-0.1, -0.05) is 25.0 Å². The summed E-state index contributed by atoms with van der Waals surface area (Å²) in [7, 11) is 0. The first-order valence-electron chi connectivity index (χ1n) is 7.39. The van der Waals surface area contributed by atoms with E-state index in [1.165, 1.54) is 12.8 Å². The SMILES string of the molecule is CC(C)Oc1cccc(/C=C/C(=O)NC2CCCC2)c1. The molecule has 1 amide bonds. The van der Waals surface area contributed by atoms with Crippen LogP contribution in [0.25, 0.3) is 6.08 Å². The van der Waals surface area contributed by atoms with Crippen LogP contribution in [0.4, 0.5) is 0 Å². The molecule has 1 saturated carbocycles. The van der Waals surface area contributed by atoms with E-state index in [0.717, 1.165) is 24.2 Å². The molecule has 1 aliphatic rings. The van der Waals surface area contributed by atoms with Gasteiger partial charge in [-0.15, -0.1) is 0 Å². The highest BCUT2D eigenvalue weighted by atomic mass is 16.5. The minimum Gasteiger partial charge on any atom is -0.491 e. The first kappa shape index (κ1) is 14.6. The molecule has 1 N–H and O–H groups in total. The molecule has 108 valence electrons. The van der Waals surface area contributed by atoms with Gasteiger partial charge in [-0.05, 0) is 50.5 Å². The number of amides is 1. The lowest BCUT2D eigenvalue weighted by molar-refractivity contribution is -0.117. The van der Waals surface area contributed by atoms with Crippen LogP contribution in [0.1, 0.15) is 45.1 Å². The number of hydrogen-bond donors (Lipinski definition) is 1. The van der Waals surface area contributed by atoms with Crippen LogP contribution in [0.3, 0.4) is 0 Å². The van der Waals surface area contributed by atoms with Crippen molar-refractivity contribution >= 4 is 12.0 Å². The van der Waals surface area contributed by atoms with Crippen molar-refractivity contribution in [2.24, 2.45) is 0 Å². The number of benzene rings is 1. The second-order valence-corrected chi connectivity index (χ2v) is 5.56. The first-order valence-corrected chi connectivity index (χ1v) is 7.39. The molecule has 1 fully saturated rings. The zero-order valence-electron chi connectivity index (χ0n) is 12.3. The molecule has 3 nitrogen and oxygen atoms in total. The van der Waals surface area contributed by atoms with Crippen LogP contribution < -0.4 is 10.1 Å². The molecule has 1 aromatic rings. The Balaban J connectivity index is 1.90. The number of nitrogens with one attached hydrogen (secondary N) is 1. The summed E-state index contributed by atoms with van der Waals surface area (Å²) in [5.41, 5.74) is 0.977. The predicted molar refractivity (Wildman–Crippen MR) is 81.6 cm³/mol. The lowest BCUT2D eigenvalue weighted by atomic mass is 10.2. The fourth-order valence-corrected chi connectivity index (χ4v) is 2.46. The van der Waals surface area contributed by atoms with Crippen molar-refractivity contribution in [1.29, 1.82) is 0 Å². The fourth-order valence-electron chi connectivity index (χ4n) is 2.46. The Morgan fingerprint density at radius 3 is 2.80 bits per heavy atom. The fraction of sp³-hybridized carbons (Fsp3) is 0.471. The predicted octanol–water partition coefficient (Wildman–Crippen LogP) is 3.55. The number of carbonyl (C=O) groups excluding carboxylic acids is 1. The monoisotopic (exact) mass is 273 g/mol. The molecule has 0 spiro atoms. The van der Waals surface area contributed by atoms with Crippen molar-refractivity contribution in [2.75, 3.05) is 0 Å². The highest BCUT2D eigenvalue weighted by molar-refractivity contribution is 5.91. The number of carbonyl (C=O) groups is 1. The Kier molecular flexibility index (Phi) is 5.22. The van der Waals surface area contributed by atoms with Crippen LogP contribution in [0.2, 0.25) is 0 Å². The van der Waals surface area contributed by atoms with Gasteiger partial charge >= 0.3 is 0 Å². The van der Waals surface area contributed by atoms with Crippen molar-refractivity contribution in [2.45, 2.75) is 51.7 Å². The van der Waals surface area contributed by atoms with Crippen molar-refractivity contribution in [3.05, 3.63) is 35.9 Å². The van der Waals surface area contributed by atoms with E-state index in [9.17, 15) is 4.79 Å². The van der Waals surface area contributed by atoms with Crippen molar-refractivity contribution in [3.8, 4) is 5.75 Å². The van der Waals surface area contributed by atoms with Gasteiger partial charge in [0, 0.05) is 12.1 Å². The molecule has 1 aliphatic carbocycles. The Morgan fingerprint density at radius 2 is 2.10 bits per heavy atom. The van der Waals surface area contributed by atoms with Gasteiger partial charge in [-0.2, -0.15) is 0 Å². The maximum atomic E-state index is 11.8. The van der Waals surface area contributed by atoms with Gasteiger partial charge in [-0.25, -0.2) is 0 Å². The Morgan fingerprint density at radius 1 is 1.35 bits per heavy atom. The highest BCUT2D eigenvalue weighted by Gasteiger charge is 2.15. The van der Waals surface area contributed by atoms with Crippen LogP contribution in [-0.2, 0) is 4.79 Å². The van der Waals surface area contributed by atoms with Crippen LogP contribution >= 0.6 is 0 Å². The minimum absolute atomic E-state index is 0.00733. The van der Waals surface area contributed by atoms with Gasteiger partial charge < -0.3 is 10.1 Å². The number of ether oxygens (including phenoxy) is 1. The maximum absolute atomic E-state index is 11.8. The molecule has 0 heterocycles. The third-order valence-corrected chi connectivity index (χ3v) is 3.36. The second-order valence-electron chi connectivity index (χ2n) is 5.56. The van der Waals surface area contributed by atoms with Gasteiger partial charge in [0.1, 0.15) is 5.75 Å². The van der Waals surface area contributed by atoms with Gasteiger partial charge in [0.2, 0.25) is 5.91 Å². The first-order chi connectivity index (χ1) is 9.63. The Labute approximate surface area is 121 Å². The summed E-state index contributed by atoms with van der Waals surface area (Å²) >= 11 is 0. The van der Waals surface area contributed by atoms with E-state index < -0.39 is 0 Å². The van der Waals surface area contributed by atoms with E-state index in [1.54, 1.807) is 6.08 Å². The zero-order chi connectivity index (χ0) is 14.4. The topological polar surface area (TPSA) is 38.3 Å². The zero-order valence-corrected chi connectivity index (χ0v) is 12.3. The largest absolute Gasteiger partial charge is 0.491 e. The third-order valence-electron chi connectivity index (χ3n) is 3.36. The Bertz CT molecular complexity index is 474. The molecule has 1 aromatic carbocycles. The lowest BCUT2D eigenvalue weighted by Crippen LogP contribution is -2.30.